The molecule has 1 aromatic heterocycles. The fourth-order valence-corrected chi connectivity index (χ4v) is 5.87. The third-order valence-electron chi connectivity index (χ3n) is 6.02. The molecule has 186 valence electrons. The van der Waals surface area contributed by atoms with Gasteiger partial charge in [-0.15, -0.1) is 0 Å². The maximum Gasteiger partial charge on any atom is 0.230 e. The predicted molar refractivity (Wildman–Crippen MR) is 142 cm³/mol. The number of methoxy groups -OCH3 is 1. The van der Waals surface area contributed by atoms with Crippen LogP contribution in [0.4, 0.5) is 10.7 Å². The van der Waals surface area contributed by atoms with Crippen LogP contribution in [0.5, 0.6) is 5.75 Å². The van der Waals surface area contributed by atoms with Crippen molar-refractivity contribution in [2.24, 2.45) is 5.92 Å². The van der Waals surface area contributed by atoms with E-state index >= 15 is 0 Å². The van der Waals surface area contributed by atoms with Gasteiger partial charge in [0.05, 0.1) is 18.8 Å². The van der Waals surface area contributed by atoms with Crippen LogP contribution in [0.15, 0.2) is 58.9 Å². The molecule has 1 atom stereocenters. The van der Waals surface area contributed by atoms with Crippen molar-refractivity contribution in [2.75, 3.05) is 29.6 Å². The minimum Gasteiger partial charge on any atom is -0.497 e. The third-order valence-corrected chi connectivity index (χ3v) is 8.14. The number of anilines is 2. The zero-order valence-electron chi connectivity index (χ0n) is 19.7. The van der Waals surface area contributed by atoms with Crippen LogP contribution < -0.4 is 20.3 Å². The van der Waals surface area contributed by atoms with Crippen LogP contribution in [0.25, 0.3) is 11.3 Å². The molecule has 3 aromatic rings. The second-order valence-electron chi connectivity index (χ2n) is 8.75. The monoisotopic (exact) mass is 522 g/mol. The highest BCUT2D eigenvalue weighted by molar-refractivity contribution is 8.01. The lowest BCUT2D eigenvalue weighted by molar-refractivity contribution is -0.122. The van der Waals surface area contributed by atoms with Crippen molar-refractivity contribution in [1.82, 2.24) is 10.3 Å². The lowest BCUT2D eigenvalue weighted by Crippen LogP contribution is -2.28. The van der Waals surface area contributed by atoms with Crippen LogP contribution in [0, 0.1) is 5.92 Å². The van der Waals surface area contributed by atoms with Crippen LogP contribution in [0.2, 0.25) is 0 Å². The summed E-state index contributed by atoms with van der Waals surface area (Å²) in [4.78, 5) is 44.4. The molecular formula is C26H26N4O4S2. The Hall–Kier alpha value is -3.37. The molecular weight excluding hydrogens is 496 g/mol. The molecule has 0 bridgehead atoms. The summed E-state index contributed by atoms with van der Waals surface area (Å²) in [6.45, 7) is 0.292. The van der Waals surface area contributed by atoms with E-state index in [1.54, 1.807) is 18.1 Å². The Morgan fingerprint density at radius 3 is 2.72 bits per heavy atom. The first-order valence-corrected chi connectivity index (χ1v) is 13.5. The summed E-state index contributed by atoms with van der Waals surface area (Å²) in [5, 5.41) is 6.61. The molecule has 2 N–H and O–H groups in total. The summed E-state index contributed by atoms with van der Waals surface area (Å²) in [5.41, 5.74) is 2.24. The molecule has 1 aliphatic carbocycles. The summed E-state index contributed by atoms with van der Waals surface area (Å²) in [5.74, 6) is 0.104. The Morgan fingerprint density at radius 1 is 1.17 bits per heavy atom. The Morgan fingerprint density at radius 2 is 1.97 bits per heavy atom. The quantitative estimate of drug-likeness (QED) is 0.409. The Labute approximate surface area is 217 Å². The summed E-state index contributed by atoms with van der Waals surface area (Å²) in [6, 6.07) is 17.2. The first-order valence-electron chi connectivity index (χ1n) is 11.7. The zero-order valence-corrected chi connectivity index (χ0v) is 21.4. The number of thiazole rings is 1. The number of nitrogens with one attached hydrogen (secondary N) is 2. The molecule has 1 saturated carbocycles. The van der Waals surface area contributed by atoms with E-state index in [-0.39, 0.29) is 29.9 Å². The van der Waals surface area contributed by atoms with E-state index in [2.05, 4.69) is 10.6 Å². The summed E-state index contributed by atoms with van der Waals surface area (Å²) >= 11 is 2.70. The summed E-state index contributed by atoms with van der Waals surface area (Å²) in [6.07, 6.45) is 2.22. The third kappa shape index (κ3) is 5.71. The fraction of sp³-hybridized carbons (Fsp3) is 0.308. The highest BCUT2D eigenvalue weighted by Crippen LogP contribution is 2.38. The van der Waals surface area contributed by atoms with E-state index < -0.39 is 5.92 Å². The molecule has 0 spiro atoms. The number of nitrogens with zero attached hydrogens (tertiary/aromatic N) is 2. The van der Waals surface area contributed by atoms with Crippen LogP contribution in [-0.4, -0.2) is 48.2 Å². The van der Waals surface area contributed by atoms with Crippen molar-refractivity contribution in [2.45, 2.75) is 29.6 Å². The molecule has 1 saturated heterocycles. The van der Waals surface area contributed by atoms with Crippen LogP contribution in [0.3, 0.4) is 0 Å². The topological polar surface area (TPSA) is 101 Å². The van der Waals surface area contributed by atoms with Gasteiger partial charge in [0.2, 0.25) is 17.7 Å². The maximum atomic E-state index is 13.2. The van der Waals surface area contributed by atoms with Crippen molar-refractivity contribution >= 4 is 51.5 Å². The number of aromatic nitrogens is 1. The lowest BCUT2D eigenvalue weighted by atomic mass is 10.1. The number of rotatable bonds is 9. The molecule has 0 radical (unpaired) electrons. The van der Waals surface area contributed by atoms with Crippen molar-refractivity contribution in [3.63, 3.8) is 0 Å². The van der Waals surface area contributed by atoms with Crippen LogP contribution >= 0.6 is 23.1 Å². The number of hydrogen-bond acceptors (Lipinski definition) is 7. The first kappa shape index (κ1) is 24.3. The van der Waals surface area contributed by atoms with Gasteiger partial charge in [-0.3, -0.25) is 14.4 Å². The standard InChI is InChI=1S/C26H26N4O4S2/c1-34-20-9-5-8-19(13-20)30-14-17(12-22(30)32)24(33)29-25-23(16-6-3-2-4-7-16)28-26(36-25)35-15-21(31)27-18-10-11-18/h2-9,13,17-18H,10-12,14-15H2,1H3,(H,27,31)(H,29,33). The van der Waals surface area contributed by atoms with Crippen molar-refractivity contribution in [3.05, 3.63) is 54.6 Å². The fourth-order valence-electron chi connectivity index (χ4n) is 3.99. The maximum absolute atomic E-state index is 13.2. The molecule has 1 unspecified atom stereocenters. The van der Waals surface area contributed by atoms with E-state index in [1.807, 2.05) is 48.5 Å². The first-order chi connectivity index (χ1) is 17.5. The zero-order chi connectivity index (χ0) is 25.1. The van der Waals surface area contributed by atoms with E-state index in [4.69, 9.17) is 9.72 Å². The van der Waals surface area contributed by atoms with Gasteiger partial charge in [-0.1, -0.05) is 59.5 Å². The number of carbonyl (C=O) groups is 3. The van der Waals surface area contributed by atoms with E-state index in [9.17, 15) is 14.4 Å². The molecule has 2 aromatic carbocycles. The summed E-state index contributed by atoms with van der Waals surface area (Å²) in [7, 11) is 1.58. The largest absolute Gasteiger partial charge is 0.497 e. The van der Waals surface area contributed by atoms with E-state index in [1.165, 1.54) is 23.1 Å². The SMILES string of the molecule is COc1cccc(N2CC(C(=O)Nc3sc(SCC(=O)NC4CC4)nc3-c3ccccc3)CC2=O)c1. The van der Waals surface area contributed by atoms with Crippen molar-refractivity contribution in [1.29, 1.82) is 0 Å². The number of ether oxygens (including phenoxy) is 1. The number of amides is 3. The second kappa shape index (κ2) is 10.7. The molecule has 10 heteroatoms. The Balaban J connectivity index is 1.30. The van der Waals surface area contributed by atoms with Gasteiger partial charge in [0, 0.05) is 36.3 Å². The van der Waals surface area contributed by atoms with Crippen molar-refractivity contribution in [3.8, 4) is 17.0 Å². The molecule has 1 aliphatic heterocycles. The molecule has 36 heavy (non-hydrogen) atoms. The Bertz CT molecular complexity index is 1280. The van der Waals surface area contributed by atoms with E-state index in [0.29, 0.717) is 39.1 Å². The van der Waals surface area contributed by atoms with Crippen LogP contribution in [-0.2, 0) is 14.4 Å². The van der Waals surface area contributed by atoms with Gasteiger partial charge in [-0.2, -0.15) is 0 Å². The molecule has 8 nitrogen and oxygen atoms in total. The number of benzene rings is 2. The van der Waals surface area contributed by atoms with Gasteiger partial charge in [0.25, 0.3) is 0 Å². The van der Waals surface area contributed by atoms with Crippen LogP contribution in [0.1, 0.15) is 19.3 Å². The highest BCUT2D eigenvalue weighted by atomic mass is 32.2. The highest BCUT2D eigenvalue weighted by Gasteiger charge is 2.36. The average molecular weight is 523 g/mol. The summed E-state index contributed by atoms with van der Waals surface area (Å²) < 4.78 is 5.97. The number of hydrogen-bond donors (Lipinski definition) is 2. The lowest BCUT2D eigenvalue weighted by Gasteiger charge is -2.17. The van der Waals surface area contributed by atoms with Gasteiger partial charge in [-0.25, -0.2) is 4.98 Å². The van der Waals surface area contributed by atoms with Crippen molar-refractivity contribution < 1.29 is 19.1 Å². The smallest absolute Gasteiger partial charge is 0.230 e. The average Bonchev–Trinajstić information content (AvgIpc) is 3.48. The molecule has 2 fully saturated rings. The minimum atomic E-state index is -0.491. The van der Waals surface area contributed by atoms with Gasteiger partial charge in [0.1, 0.15) is 16.4 Å². The van der Waals surface area contributed by atoms with Gasteiger partial charge in [-0.05, 0) is 25.0 Å². The number of thioether (sulfide) groups is 1. The molecule has 2 aliphatic rings. The normalized spacial score (nSPS) is 17.2. The Kier molecular flexibility index (Phi) is 7.24. The molecule has 5 rings (SSSR count). The number of carbonyl (C=O) groups excluding carboxylic acids is 3. The molecule has 2 heterocycles. The molecule has 3 amide bonds. The predicted octanol–water partition coefficient (Wildman–Crippen LogP) is 4.18. The minimum absolute atomic E-state index is 0.00773. The van der Waals surface area contributed by atoms with Gasteiger partial charge < -0.3 is 20.3 Å². The van der Waals surface area contributed by atoms with E-state index in [0.717, 1.165) is 18.4 Å². The second-order valence-corrected chi connectivity index (χ2v) is 11.0. The van der Waals surface area contributed by atoms with Gasteiger partial charge >= 0.3 is 0 Å². The van der Waals surface area contributed by atoms with Gasteiger partial charge in [0.15, 0.2) is 4.34 Å².